The first kappa shape index (κ1) is 14.1. The third-order valence-corrected chi connectivity index (χ3v) is 3.46. The topological polar surface area (TPSA) is 88.1 Å². The monoisotopic (exact) mass is 272 g/mol. The van der Waals surface area contributed by atoms with Crippen LogP contribution >= 0.6 is 0 Å². The fourth-order valence-corrected chi connectivity index (χ4v) is 2.37. The van der Waals surface area contributed by atoms with E-state index in [9.17, 15) is 9.59 Å². The highest BCUT2D eigenvalue weighted by molar-refractivity contribution is 5.76. The number of carbonyl (C=O) groups excluding carboxylic acids is 1. The Morgan fingerprint density at radius 2 is 2.05 bits per heavy atom. The van der Waals surface area contributed by atoms with Crippen LogP contribution in [-0.2, 0) is 14.3 Å². The van der Waals surface area contributed by atoms with E-state index >= 15 is 0 Å². The average molecular weight is 272 g/mol. The van der Waals surface area contributed by atoms with Crippen molar-refractivity contribution in [3.63, 3.8) is 0 Å². The molecule has 2 amide bonds. The highest BCUT2D eigenvalue weighted by atomic mass is 16.5. The number of nitrogens with zero attached hydrogens (tertiary/aromatic N) is 1. The minimum absolute atomic E-state index is 0.0834. The molecule has 2 rings (SSSR count). The predicted octanol–water partition coefficient (Wildman–Crippen LogP) is -0.0920. The zero-order chi connectivity index (χ0) is 13.7. The van der Waals surface area contributed by atoms with E-state index in [0.717, 1.165) is 13.0 Å². The number of carboxylic acid groups (broad SMARTS) is 1. The zero-order valence-corrected chi connectivity index (χ0v) is 10.8. The molecular formula is C12H20N2O5. The lowest BCUT2D eigenvalue weighted by Crippen LogP contribution is -2.53. The second kappa shape index (κ2) is 6.72. The van der Waals surface area contributed by atoms with E-state index in [0.29, 0.717) is 32.2 Å². The number of hydrogen-bond donors (Lipinski definition) is 2. The molecule has 0 bridgehead atoms. The summed E-state index contributed by atoms with van der Waals surface area (Å²) in [5, 5.41) is 11.7. The Balaban J connectivity index is 1.82. The van der Waals surface area contributed by atoms with Gasteiger partial charge in [-0.15, -0.1) is 0 Å². The van der Waals surface area contributed by atoms with Crippen molar-refractivity contribution in [3.8, 4) is 0 Å². The van der Waals surface area contributed by atoms with Crippen molar-refractivity contribution in [2.45, 2.75) is 18.9 Å². The molecule has 0 spiro atoms. The molecule has 2 heterocycles. The molecule has 0 radical (unpaired) electrons. The number of carboxylic acids is 1. The van der Waals surface area contributed by atoms with Crippen LogP contribution in [0.1, 0.15) is 12.8 Å². The summed E-state index contributed by atoms with van der Waals surface area (Å²) in [5.41, 5.74) is 0. The summed E-state index contributed by atoms with van der Waals surface area (Å²) >= 11 is 0. The Morgan fingerprint density at radius 3 is 2.74 bits per heavy atom. The Kier molecular flexibility index (Phi) is 4.98. The minimum Gasteiger partial charge on any atom is -0.481 e. The van der Waals surface area contributed by atoms with Crippen LogP contribution in [0, 0.1) is 5.92 Å². The summed E-state index contributed by atoms with van der Waals surface area (Å²) in [7, 11) is 0. The van der Waals surface area contributed by atoms with Crippen molar-refractivity contribution in [3.05, 3.63) is 0 Å². The van der Waals surface area contributed by atoms with Gasteiger partial charge >= 0.3 is 12.0 Å². The molecule has 2 fully saturated rings. The number of amides is 2. The number of carbonyl (C=O) groups is 2. The van der Waals surface area contributed by atoms with Gasteiger partial charge in [0.2, 0.25) is 0 Å². The summed E-state index contributed by atoms with van der Waals surface area (Å²) in [5.74, 6) is -0.555. The fraction of sp³-hybridized carbons (Fsp3) is 0.833. The lowest BCUT2D eigenvalue weighted by atomic mass is 10.1. The molecule has 7 nitrogen and oxygen atoms in total. The lowest BCUT2D eigenvalue weighted by molar-refractivity contribution is -0.139. The van der Waals surface area contributed by atoms with E-state index in [1.807, 2.05) is 0 Å². The van der Waals surface area contributed by atoms with Crippen LogP contribution in [0.2, 0.25) is 0 Å². The van der Waals surface area contributed by atoms with Crippen LogP contribution in [0.15, 0.2) is 0 Å². The highest BCUT2D eigenvalue weighted by Crippen LogP contribution is 2.13. The van der Waals surface area contributed by atoms with Gasteiger partial charge in [0.1, 0.15) is 0 Å². The number of hydrogen-bond acceptors (Lipinski definition) is 4. The van der Waals surface area contributed by atoms with Crippen LogP contribution in [0.3, 0.4) is 0 Å². The molecule has 0 aromatic heterocycles. The van der Waals surface area contributed by atoms with Gasteiger partial charge in [0.25, 0.3) is 0 Å². The number of rotatable bonds is 4. The molecule has 2 aliphatic rings. The molecule has 2 atom stereocenters. The number of morpholine rings is 1. The van der Waals surface area contributed by atoms with Crippen molar-refractivity contribution in [2.24, 2.45) is 5.92 Å². The molecule has 19 heavy (non-hydrogen) atoms. The van der Waals surface area contributed by atoms with Gasteiger partial charge in [0, 0.05) is 25.6 Å². The SMILES string of the molecule is O=C(O)CC1COCCN1C(=O)NCC1CCOC1. The van der Waals surface area contributed by atoms with Crippen molar-refractivity contribution < 1.29 is 24.2 Å². The molecule has 2 unspecified atom stereocenters. The first-order valence-corrected chi connectivity index (χ1v) is 6.58. The van der Waals surface area contributed by atoms with E-state index in [1.54, 1.807) is 4.90 Å². The summed E-state index contributed by atoms with van der Waals surface area (Å²) in [6, 6.07) is -0.590. The lowest BCUT2D eigenvalue weighted by Gasteiger charge is -2.35. The van der Waals surface area contributed by atoms with Crippen LogP contribution in [0.25, 0.3) is 0 Å². The molecule has 108 valence electrons. The Labute approximate surface area is 111 Å². The minimum atomic E-state index is -0.919. The maximum Gasteiger partial charge on any atom is 0.317 e. The standard InChI is InChI=1S/C12H20N2O5/c15-11(16)5-10-8-19-4-2-14(10)12(17)13-6-9-1-3-18-7-9/h9-10H,1-8H2,(H,13,17)(H,15,16). The van der Waals surface area contributed by atoms with E-state index in [4.69, 9.17) is 14.6 Å². The highest BCUT2D eigenvalue weighted by Gasteiger charge is 2.29. The number of aliphatic carboxylic acids is 1. The Morgan fingerprint density at radius 1 is 1.26 bits per heavy atom. The number of nitrogens with one attached hydrogen (secondary N) is 1. The molecule has 0 aromatic rings. The van der Waals surface area contributed by atoms with Gasteiger partial charge in [-0.25, -0.2) is 4.79 Å². The smallest absolute Gasteiger partial charge is 0.317 e. The molecule has 0 aromatic carbocycles. The normalized spacial score (nSPS) is 27.3. The van der Waals surface area contributed by atoms with E-state index in [-0.39, 0.29) is 25.1 Å². The molecule has 2 saturated heterocycles. The first-order chi connectivity index (χ1) is 9.16. The van der Waals surface area contributed by atoms with Crippen LogP contribution in [-0.4, -0.2) is 67.6 Å². The van der Waals surface area contributed by atoms with Crippen molar-refractivity contribution in [1.29, 1.82) is 0 Å². The van der Waals surface area contributed by atoms with Gasteiger partial charge in [-0.2, -0.15) is 0 Å². The van der Waals surface area contributed by atoms with Gasteiger partial charge in [0.05, 0.1) is 32.3 Å². The maximum atomic E-state index is 12.1. The zero-order valence-electron chi connectivity index (χ0n) is 10.8. The molecule has 2 aliphatic heterocycles. The second-order valence-corrected chi connectivity index (χ2v) is 4.94. The summed E-state index contributed by atoms with van der Waals surface area (Å²) in [6.45, 7) is 3.19. The van der Waals surface area contributed by atoms with E-state index < -0.39 is 5.97 Å². The van der Waals surface area contributed by atoms with Crippen molar-refractivity contribution in [1.82, 2.24) is 10.2 Å². The molecule has 7 heteroatoms. The average Bonchev–Trinajstić information content (AvgIpc) is 2.89. The van der Waals surface area contributed by atoms with E-state index in [2.05, 4.69) is 5.32 Å². The molecular weight excluding hydrogens is 252 g/mol. The van der Waals surface area contributed by atoms with Crippen LogP contribution < -0.4 is 5.32 Å². The van der Waals surface area contributed by atoms with Gasteiger partial charge in [0.15, 0.2) is 0 Å². The van der Waals surface area contributed by atoms with Gasteiger partial charge in [-0.05, 0) is 6.42 Å². The van der Waals surface area contributed by atoms with E-state index in [1.165, 1.54) is 0 Å². The number of urea groups is 1. The predicted molar refractivity (Wildman–Crippen MR) is 65.9 cm³/mol. The Hall–Kier alpha value is -1.34. The van der Waals surface area contributed by atoms with Gasteiger partial charge in [-0.1, -0.05) is 0 Å². The van der Waals surface area contributed by atoms with Crippen LogP contribution in [0.5, 0.6) is 0 Å². The fourth-order valence-electron chi connectivity index (χ4n) is 2.37. The van der Waals surface area contributed by atoms with Crippen LogP contribution in [0.4, 0.5) is 4.79 Å². The second-order valence-electron chi connectivity index (χ2n) is 4.94. The Bertz CT molecular complexity index is 330. The molecule has 2 N–H and O–H groups in total. The first-order valence-electron chi connectivity index (χ1n) is 6.58. The molecule has 0 aliphatic carbocycles. The number of ether oxygens (including phenoxy) is 2. The van der Waals surface area contributed by atoms with Crippen molar-refractivity contribution >= 4 is 12.0 Å². The summed E-state index contributed by atoms with van der Waals surface area (Å²) in [4.78, 5) is 24.4. The van der Waals surface area contributed by atoms with Crippen molar-refractivity contribution in [2.75, 3.05) is 39.5 Å². The largest absolute Gasteiger partial charge is 0.481 e. The van der Waals surface area contributed by atoms with Gasteiger partial charge < -0.3 is 24.8 Å². The quantitative estimate of drug-likeness (QED) is 0.746. The third kappa shape index (κ3) is 4.07. The van der Waals surface area contributed by atoms with Gasteiger partial charge in [-0.3, -0.25) is 4.79 Å². The molecule has 0 saturated carbocycles. The third-order valence-electron chi connectivity index (χ3n) is 3.46. The maximum absolute atomic E-state index is 12.1. The summed E-state index contributed by atoms with van der Waals surface area (Å²) in [6.07, 6.45) is 0.877. The summed E-state index contributed by atoms with van der Waals surface area (Å²) < 4.78 is 10.5.